The second-order valence-electron chi connectivity index (χ2n) is 8.77. The molecule has 0 amide bonds. The molecule has 0 aliphatic rings. The molecular formula is C30H50. The number of hydrogen-bond donors (Lipinski definition) is 0. The molecule has 0 rings (SSSR count). The van der Waals surface area contributed by atoms with Gasteiger partial charge in [-0.2, -0.15) is 0 Å². The van der Waals surface area contributed by atoms with Crippen LogP contribution in [0, 0.1) is 41.9 Å². The molecule has 0 aliphatic carbocycles. The zero-order valence-corrected chi connectivity index (χ0v) is 20.5. The zero-order valence-electron chi connectivity index (χ0n) is 20.5. The number of hydrogen-bond acceptors (Lipinski definition) is 0. The van der Waals surface area contributed by atoms with Crippen LogP contribution in [0.2, 0.25) is 0 Å². The van der Waals surface area contributed by atoms with Crippen LogP contribution in [0.3, 0.4) is 0 Å². The summed E-state index contributed by atoms with van der Waals surface area (Å²) in [6, 6.07) is 0. The van der Waals surface area contributed by atoms with E-state index >= 15 is 0 Å². The molecule has 0 heterocycles. The molecular weight excluding hydrogens is 360 g/mol. The molecule has 170 valence electrons. The van der Waals surface area contributed by atoms with Crippen LogP contribution in [0.15, 0.2) is 0 Å². The molecule has 0 aromatic carbocycles. The van der Waals surface area contributed by atoms with E-state index in [1.165, 1.54) is 109 Å². The fourth-order valence-electron chi connectivity index (χ4n) is 3.68. The highest BCUT2D eigenvalue weighted by Crippen LogP contribution is 2.15. The summed E-state index contributed by atoms with van der Waals surface area (Å²) in [6.45, 7) is 4.55. The van der Waals surface area contributed by atoms with Gasteiger partial charge in [-0.3, -0.25) is 0 Å². The molecule has 0 aromatic heterocycles. The van der Waals surface area contributed by atoms with Crippen molar-refractivity contribution in [3.63, 3.8) is 0 Å². The first-order valence-electron chi connectivity index (χ1n) is 13.2. The molecule has 0 radical (unpaired) electrons. The summed E-state index contributed by atoms with van der Waals surface area (Å²) >= 11 is 0. The van der Waals surface area contributed by atoms with Gasteiger partial charge in [0.05, 0.1) is 0 Å². The van der Waals surface area contributed by atoms with Crippen molar-refractivity contribution in [2.45, 2.75) is 149 Å². The van der Waals surface area contributed by atoms with E-state index in [0.717, 1.165) is 25.7 Å². The van der Waals surface area contributed by atoms with Gasteiger partial charge in [0, 0.05) is 31.6 Å². The minimum Gasteiger partial charge on any atom is -0.120 e. The minimum absolute atomic E-state index is 0.467. The Balaban J connectivity index is 4.11. The first-order chi connectivity index (χ1) is 14.8. The van der Waals surface area contributed by atoms with E-state index in [1.807, 2.05) is 0 Å². The average Bonchev–Trinajstić information content (AvgIpc) is 2.76. The van der Waals surface area contributed by atoms with Crippen molar-refractivity contribution in [1.82, 2.24) is 0 Å². The Bertz CT molecular complexity index is 498. The maximum atomic E-state index is 5.34. The highest BCUT2D eigenvalue weighted by molar-refractivity contribution is 5.09. The minimum atomic E-state index is 0.467. The van der Waals surface area contributed by atoms with Crippen molar-refractivity contribution in [3.05, 3.63) is 0 Å². The maximum Gasteiger partial charge on any atom is 0.0312 e. The largest absolute Gasteiger partial charge is 0.120 e. The van der Waals surface area contributed by atoms with Crippen LogP contribution in [-0.4, -0.2) is 0 Å². The number of rotatable bonds is 19. The first kappa shape index (κ1) is 28.7. The third-order valence-electron chi connectivity index (χ3n) is 5.71. The molecule has 0 N–H and O–H groups in total. The summed E-state index contributed by atoms with van der Waals surface area (Å²) in [5.74, 6) is 17.1. The summed E-state index contributed by atoms with van der Waals surface area (Å²) < 4.78 is 0. The predicted octanol–water partition coefficient (Wildman–Crippen LogP) is 9.47. The molecule has 1 atom stereocenters. The molecule has 0 spiro atoms. The van der Waals surface area contributed by atoms with Gasteiger partial charge in [0.2, 0.25) is 0 Å². The molecule has 0 bridgehead atoms. The van der Waals surface area contributed by atoms with Crippen LogP contribution in [0.4, 0.5) is 0 Å². The van der Waals surface area contributed by atoms with Crippen LogP contribution in [-0.2, 0) is 0 Å². The summed E-state index contributed by atoms with van der Waals surface area (Å²) in [4.78, 5) is 0. The van der Waals surface area contributed by atoms with Crippen molar-refractivity contribution in [3.8, 4) is 36.0 Å². The van der Waals surface area contributed by atoms with Gasteiger partial charge >= 0.3 is 0 Å². The topological polar surface area (TPSA) is 0 Å². The smallest absolute Gasteiger partial charge is 0.0312 e. The molecule has 0 aliphatic heterocycles. The second-order valence-corrected chi connectivity index (χ2v) is 8.77. The Morgan fingerprint density at radius 1 is 0.533 bits per heavy atom. The molecule has 1 unspecified atom stereocenters. The van der Waals surface area contributed by atoms with Crippen molar-refractivity contribution in [1.29, 1.82) is 0 Å². The summed E-state index contributed by atoms with van der Waals surface area (Å²) in [7, 11) is 0. The Labute approximate surface area is 190 Å². The van der Waals surface area contributed by atoms with Gasteiger partial charge in [-0.25, -0.2) is 0 Å². The van der Waals surface area contributed by atoms with Crippen molar-refractivity contribution in [2.75, 3.05) is 0 Å². The van der Waals surface area contributed by atoms with Crippen molar-refractivity contribution in [2.24, 2.45) is 5.92 Å². The summed E-state index contributed by atoms with van der Waals surface area (Å²) in [5.41, 5.74) is 0. The van der Waals surface area contributed by atoms with E-state index in [2.05, 4.69) is 43.4 Å². The lowest BCUT2D eigenvalue weighted by molar-refractivity contribution is 0.545. The lowest BCUT2D eigenvalue weighted by Crippen LogP contribution is -1.96. The molecule has 0 heteroatoms. The van der Waals surface area contributed by atoms with E-state index in [0.29, 0.717) is 5.92 Å². The van der Waals surface area contributed by atoms with Crippen LogP contribution in [0.1, 0.15) is 149 Å². The van der Waals surface area contributed by atoms with Gasteiger partial charge in [-0.15, -0.1) is 30.1 Å². The van der Waals surface area contributed by atoms with E-state index in [-0.39, 0.29) is 0 Å². The average molecular weight is 411 g/mol. The highest BCUT2D eigenvalue weighted by Gasteiger charge is 2.03. The van der Waals surface area contributed by atoms with Crippen molar-refractivity contribution >= 4 is 0 Å². The van der Waals surface area contributed by atoms with Gasteiger partial charge in [-0.05, 0) is 25.7 Å². The SMILES string of the molecule is C#CCCCCCCC(C#CCCCCCCCC)CC#CCCCCCCCC. The predicted molar refractivity (Wildman–Crippen MR) is 136 cm³/mol. The maximum absolute atomic E-state index is 5.34. The van der Waals surface area contributed by atoms with E-state index in [9.17, 15) is 0 Å². The highest BCUT2D eigenvalue weighted by atomic mass is 14.1. The summed E-state index contributed by atoms with van der Waals surface area (Å²) in [5, 5.41) is 0. The first-order valence-corrected chi connectivity index (χ1v) is 13.2. The monoisotopic (exact) mass is 410 g/mol. The van der Waals surface area contributed by atoms with Crippen LogP contribution in [0.5, 0.6) is 0 Å². The van der Waals surface area contributed by atoms with E-state index in [4.69, 9.17) is 6.42 Å². The van der Waals surface area contributed by atoms with Crippen LogP contribution in [0.25, 0.3) is 0 Å². The van der Waals surface area contributed by atoms with Gasteiger partial charge < -0.3 is 0 Å². The molecule has 0 saturated heterocycles. The lowest BCUT2D eigenvalue weighted by Gasteiger charge is -2.07. The van der Waals surface area contributed by atoms with Crippen LogP contribution < -0.4 is 0 Å². The third-order valence-corrected chi connectivity index (χ3v) is 5.71. The van der Waals surface area contributed by atoms with Gasteiger partial charge in [0.15, 0.2) is 0 Å². The zero-order chi connectivity index (χ0) is 22.0. The molecule has 0 aromatic rings. The molecule has 0 saturated carbocycles. The quantitative estimate of drug-likeness (QED) is 0.147. The second kappa shape index (κ2) is 25.7. The fourth-order valence-corrected chi connectivity index (χ4v) is 3.68. The van der Waals surface area contributed by atoms with E-state index < -0.39 is 0 Å². The fraction of sp³-hybridized carbons (Fsp3) is 0.800. The third kappa shape index (κ3) is 23.0. The normalized spacial score (nSPS) is 11.1. The Hall–Kier alpha value is -1.32. The Morgan fingerprint density at radius 3 is 1.63 bits per heavy atom. The Kier molecular flexibility index (Phi) is 24.6. The Morgan fingerprint density at radius 2 is 1.03 bits per heavy atom. The standard InChI is InChI=1S/C30H50/c1-4-7-10-13-16-18-20-23-26-29-30(27-24-21-15-12-9-6-3)28-25-22-19-17-14-11-8-5-2/h3,30H,4-5,7-22,24,27,29H2,1-2H3. The van der Waals surface area contributed by atoms with Gasteiger partial charge in [0.25, 0.3) is 0 Å². The van der Waals surface area contributed by atoms with Gasteiger partial charge in [0.1, 0.15) is 0 Å². The number of unbranched alkanes of at least 4 members (excludes halogenated alkanes) is 16. The van der Waals surface area contributed by atoms with Crippen molar-refractivity contribution < 1.29 is 0 Å². The molecule has 30 heavy (non-hydrogen) atoms. The van der Waals surface area contributed by atoms with Crippen LogP contribution >= 0.6 is 0 Å². The lowest BCUT2D eigenvalue weighted by atomic mass is 9.97. The summed E-state index contributed by atoms with van der Waals surface area (Å²) in [6.07, 6.45) is 31.7. The van der Waals surface area contributed by atoms with Gasteiger partial charge in [-0.1, -0.05) is 103 Å². The molecule has 0 fully saturated rings. The molecule has 0 nitrogen and oxygen atoms in total. The van der Waals surface area contributed by atoms with E-state index in [1.54, 1.807) is 0 Å². The number of terminal acetylenes is 1.